The van der Waals surface area contributed by atoms with Crippen LogP contribution in [0.5, 0.6) is 0 Å². The first-order valence-corrected chi connectivity index (χ1v) is 11.5. The average molecular weight is 393 g/mol. The maximum atomic E-state index is 12.8. The molecule has 0 saturated carbocycles. The van der Waals surface area contributed by atoms with Crippen molar-refractivity contribution in [2.24, 2.45) is 5.41 Å². The van der Waals surface area contributed by atoms with E-state index in [1.54, 1.807) is 11.1 Å². The summed E-state index contributed by atoms with van der Waals surface area (Å²) < 4.78 is 25.6. The summed E-state index contributed by atoms with van der Waals surface area (Å²) in [7, 11) is -3.30. The normalized spacial score (nSPS) is 26.8. The number of amides is 1. The molecule has 2 saturated heterocycles. The van der Waals surface area contributed by atoms with Gasteiger partial charge in [0, 0.05) is 50.3 Å². The number of rotatable bonds is 2. The van der Waals surface area contributed by atoms with E-state index in [0.29, 0.717) is 24.5 Å². The Morgan fingerprint density at radius 3 is 2.59 bits per heavy atom. The molecule has 0 bridgehead atoms. The molecule has 1 aromatic heterocycles. The van der Waals surface area contributed by atoms with Gasteiger partial charge >= 0.3 is 0 Å². The molecule has 8 heteroatoms. The first kappa shape index (κ1) is 18.7. The summed E-state index contributed by atoms with van der Waals surface area (Å²) in [6.07, 6.45) is 4.37. The molecule has 3 aliphatic heterocycles. The number of anilines is 1. The number of fused-ring (bicyclic) bond motifs is 3. The highest BCUT2D eigenvalue weighted by atomic mass is 32.2. The van der Waals surface area contributed by atoms with Gasteiger partial charge in [-0.2, -0.15) is 0 Å². The molecule has 0 aliphatic carbocycles. The van der Waals surface area contributed by atoms with Gasteiger partial charge in [-0.3, -0.25) is 4.79 Å². The van der Waals surface area contributed by atoms with Crippen LogP contribution < -0.4 is 4.90 Å². The van der Waals surface area contributed by atoms with E-state index in [2.05, 4.69) is 9.88 Å². The zero-order chi connectivity index (χ0) is 19.4. The maximum Gasteiger partial charge on any atom is 0.225 e. The monoisotopic (exact) mass is 392 g/mol. The molecule has 3 aliphatic rings. The molecule has 7 nitrogen and oxygen atoms in total. The van der Waals surface area contributed by atoms with Crippen LogP contribution in [0.2, 0.25) is 0 Å². The van der Waals surface area contributed by atoms with Crippen LogP contribution in [0.25, 0.3) is 0 Å². The van der Waals surface area contributed by atoms with E-state index in [-0.39, 0.29) is 29.5 Å². The van der Waals surface area contributed by atoms with Crippen molar-refractivity contribution in [2.45, 2.75) is 57.0 Å². The SMILES string of the molecule is CC(C)(C)CC(=O)N1C[C@@H]2c3nc(N4CCCC4)ncc3CS(=O)(=O)[C@@H]2C1. The molecule has 1 amide bonds. The van der Waals surface area contributed by atoms with E-state index in [4.69, 9.17) is 4.98 Å². The number of hydrogen-bond donors (Lipinski definition) is 0. The summed E-state index contributed by atoms with van der Waals surface area (Å²) in [5.74, 6) is 0.462. The van der Waals surface area contributed by atoms with Crippen molar-refractivity contribution in [2.75, 3.05) is 31.1 Å². The minimum absolute atomic E-state index is 0.0227. The van der Waals surface area contributed by atoms with Gasteiger partial charge in [0.15, 0.2) is 9.84 Å². The first-order chi connectivity index (χ1) is 12.6. The summed E-state index contributed by atoms with van der Waals surface area (Å²) in [5, 5.41) is -0.546. The van der Waals surface area contributed by atoms with Gasteiger partial charge in [-0.1, -0.05) is 20.8 Å². The highest BCUT2D eigenvalue weighted by molar-refractivity contribution is 7.91. The third kappa shape index (κ3) is 3.56. The van der Waals surface area contributed by atoms with Crippen LogP contribution in [-0.2, 0) is 20.4 Å². The quantitative estimate of drug-likeness (QED) is 0.762. The van der Waals surface area contributed by atoms with Crippen molar-refractivity contribution in [1.29, 1.82) is 0 Å². The number of likely N-dealkylation sites (tertiary alicyclic amines) is 1. The standard InChI is InChI=1S/C19H28N4O3S/c1-19(2,3)8-16(24)23-10-14-15(11-23)27(25,26)12-13-9-20-18(21-17(13)14)22-6-4-5-7-22/h9,14-15H,4-8,10-12H2,1-3H3/t14-,15+/m0/s1. The van der Waals surface area contributed by atoms with Crippen LogP contribution in [0.1, 0.15) is 57.2 Å². The molecule has 27 heavy (non-hydrogen) atoms. The molecule has 0 unspecified atom stereocenters. The Morgan fingerprint density at radius 1 is 1.22 bits per heavy atom. The molecule has 0 spiro atoms. The molecule has 148 valence electrons. The summed E-state index contributed by atoms with van der Waals surface area (Å²) in [4.78, 5) is 25.8. The van der Waals surface area contributed by atoms with Crippen molar-refractivity contribution >= 4 is 21.7 Å². The highest BCUT2D eigenvalue weighted by Crippen LogP contribution is 2.40. The molecular formula is C19H28N4O3S. The van der Waals surface area contributed by atoms with Gasteiger partial charge in [0.1, 0.15) is 0 Å². The fourth-order valence-electron chi connectivity index (χ4n) is 4.41. The lowest BCUT2D eigenvalue weighted by Crippen LogP contribution is -2.36. The van der Waals surface area contributed by atoms with E-state index < -0.39 is 15.1 Å². The zero-order valence-electron chi connectivity index (χ0n) is 16.3. The lowest BCUT2D eigenvalue weighted by Gasteiger charge is -2.27. The number of hydrogen-bond acceptors (Lipinski definition) is 6. The van der Waals surface area contributed by atoms with Crippen molar-refractivity contribution in [3.8, 4) is 0 Å². The first-order valence-electron chi connectivity index (χ1n) is 9.74. The number of carbonyl (C=O) groups is 1. The van der Waals surface area contributed by atoms with E-state index in [0.717, 1.165) is 31.6 Å². The van der Waals surface area contributed by atoms with Crippen molar-refractivity contribution in [1.82, 2.24) is 14.9 Å². The van der Waals surface area contributed by atoms with Gasteiger partial charge in [0.25, 0.3) is 0 Å². The fraction of sp³-hybridized carbons (Fsp3) is 0.737. The topological polar surface area (TPSA) is 83.5 Å². The van der Waals surface area contributed by atoms with Crippen molar-refractivity contribution < 1.29 is 13.2 Å². The summed E-state index contributed by atoms with van der Waals surface area (Å²) in [6, 6.07) is 0. The van der Waals surface area contributed by atoms with Crippen LogP contribution in [-0.4, -0.2) is 60.6 Å². The lowest BCUT2D eigenvalue weighted by molar-refractivity contribution is -0.132. The predicted molar refractivity (Wildman–Crippen MR) is 103 cm³/mol. The van der Waals surface area contributed by atoms with Crippen molar-refractivity contribution in [3.63, 3.8) is 0 Å². The minimum Gasteiger partial charge on any atom is -0.341 e. The molecule has 0 radical (unpaired) electrons. The molecular weight excluding hydrogens is 364 g/mol. The minimum atomic E-state index is -3.30. The second-order valence-electron chi connectivity index (χ2n) is 9.26. The molecule has 4 rings (SSSR count). The smallest absolute Gasteiger partial charge is 0.225 e. The van der Waals surface area contributed by atoms with Gasteiger partial charge in [-0.05, 0) is 18.3 Å². The van der Waals surface area contributed by atoms with Crippen LogP contribution in [0, 0.1) is 5.41 Å². The lowest BCUT2D eigenvalue weighted by atomic mass is 9.91. The average Bonchev–Trinajstić information content (AvgIpc) is 3.23. The van der Waals surface area contributed by atoms with Gasteiger partial charge in [-0.15, -0.1) is 0 Å². The van der Waals surface area contributed by atoms with Crippen molar-refractivity contribution in [3.05, 3.63) is 17.5 Å². The molecule has 0 aromatic carbocycles. The highest BCUT2D eigenvalue weighted by Gasteiger charge is 2.48. The Kier molecular flexibility index (Phi) is 4.44. The van der Waals surface area contributed by atoms with E-state index >= 15 is 0 Å². The van der Waals surface area contributed by atoms with Gasteiger partial charge in [0.05, 0.1) is 16.7 Å². The number of carbonyl (C=O) groups excluding carboxylic acids is 1. The van der Waals surface area contributed by atoms with Crippen LogP contribution in [0.4, 0.5) is 5.95 Å². The second kappa shape index (κ2) is 6.43. The Balaban J connectivity index is 1.64. The molecule has 0 N–H and O–H groups in total. The van der Waals surface area contributed by atoms with Gasteiger partial charge in [0.2, 0.25) is 11.9 Å². The van der Waals surface area contributed by atoms with E-state index in [1.165, 1.54) is 0 Å². The molecule has 1 aromatic rings. The Hall–Kier alpha value is -1.70. The Labute approximate surface area is 161 Å². The fourth-order valence-corrected chi connectivity index (χ4v) is 6.40. The number of sulfone groups is 1. The third-order valence-corrected chi connectivity index (χ3v) is 7.86. The van der Waals surface area contributed by atoms with Gasteiger partial charge < -0.3 is 9.80 Å². The van der Waals surface area contributed by atoms with E-state index in [1.807, 2.05) is 20.8 Å². The zero-order valence-corrected chi connectivity index (χ0v) is 17.1. The largest absolute Gasteiger partial charge is 0.341 e. The van der Waals surface area contributed by atoms with E-state index in [9.17, 15) is 13.2 Å². The summed E-state index contributed by atoms with van der Waals surface area (Å²) >= 11 is 0. The van der Waals surface area contributed by atoms with Gasteiger partial charge in [-0.25, -0.2) is 18.4 Å². The summed E-state index contributed by atoms with van der Waals surface area (Å²) in [6.45, 7) is 8.68. The number of aromatic nitrogens is 2. The summed E-state index contributed by atoms with van der Waals surface area (Å²) in [5.41, 5.74) is 1.41. The predicted octanol–water partition coefficient (Wildman–Crippen LogP) is 1.74. The van der Waals surface area contributed by atoms with Crippen LogP contribution >= 0.6 is 0 Å². The maximum absolute atomic E-state index is 12.8. The number of nitrogens with zero attached hydrogens (tertiary/aromatic N) is 4. The third-order valence-electron chi connectivity index (χ3n) is 5.74. The Bertz CT molecular complexity index is 856. The van der Waals surface area contributed by atoms with Crippen LogP contribution in [0.15, 0.2) is 6.20 Å². The van der Waals surface area contributed by atoms with Crippen LogP contribution in [0.3, 0.4) is 0 Å². The molecule has 4 heterocycles. The Morgan fingerprint density at radius 2 is 1.93 bits per heavy atom. The second-order valence-corrected chi connectivity index (χ2v) is 11.5. The molecule has 2 fully saturated rings. The molecule has 2 atom stereocenters.